The monoisotopic (exact) mass is 297 g/mol. The van der Waals surface area contributed by atoms with Crippen molar-refractivity contribution in [2.24, 2.45) is 5.92 Å². The number of methoxy groups -OCH3 is 1. The number of amides is 1. The molecule has 0 aliphatic carbocycles. The van der Waals surface area contributed by atoms with E-state index in [4.69, 9.17) is 0 Å². The van der Waals surface area contributed by atoms with Crippen LogP contribution in [0.1, 0.15) is 13.8 Å². The van der Waals surface area contributed by atoms with Crippen LogP contribution < -0.4 is 5.32 Å². The van der Waals surface area contributed by atoms with Gasteiger partial charge in [-0.15, -0.1) is 0 Å². The summed E-state index contributed by atoms with van der Waals surface area (Å²) in [6.07, 6.45) is 0. The smallest absolute Gasteiger partial charge is 0.309 e. The first-order valence-electron chi connectivity index (χ1n) is 6.26. The first-order chi connectivity index (χ1) is 9.45. The minimum atomic E-state index is -1.43. The van der Waals surface area contributed by atoms with Crippen molar-refractivity contribution >= 4 is 28.4 Å². The summed E-state index contributed by atoms with van der Waals surface area (Å²) < 4.78 is 16.6. The lowest BCUT2D eigenvalue weighted by molar-refractivity contribution is -0.144. The lowest BCUT2D eigenvalue weighted by Crippen LogP contribution is -2.33. The summed E-state index contributed by atoms with van der Waals surface area (Å²) in [5.74, 6) is -1.14. The van der Waals surface area contributed by atoms with Gasteiger partial charge in [0.2, 0.25) is 5.91 Å². The van der Waals surface area contributed by atoms with Gasteiger partial charge >= 0.3 is 5.97 Å². The van der Waals surface area contributed by atoms with Crippen LogP contribution in [-0.2, 0) is 25.1 Å². The molecule has 20 heavy (non-hydrogen) atoms. The van der Waals surface area contributed by atoms with Crippen LogP contribution in [0, 0.1) is 5.92 Å². The van der Waals surface area contributed by atoms with Gasteiger partial charge in [-0.25, -0.2) is 0 Å². The highest BCUT2D eigenvalue weighted by atomic mass is 32.2. The van der Waals surface area contributed by atoms with Gasteiger partial charge in [-0.1, -0.05) is 25.1 Å². The number of hydrogen-bond acceptors (Lipinski definition) is 4. The van der Waals surface area contributed by atoms with Gasteiger partial charge in [-0.05, 0) is 19.1 Å². The Kier molecular flexibility index (Phi) is 6.38. The summed E-state index contributed by atoms with van der Waals surface area (Å²) >= 11 is 0. The van der Waals surface area contributed by atoms with E-state index in [0.717, 1.165) is 0 Å². The van der Waals surface area contributed by atoms with Crippen molar-refractivity contribution in [3.63, 3.8) is 0 Å². The number of esters is 1. The number of benzene rings is 1. The number of carbonyl (C=O) groups is 2. The van der Waals surface area contributed by atoms with Crippen LogP contribution in [0.4, 0.5) is 5.69 Å². The van der Waals surface area contributed by atoms with E-state index in [1.807, 2.05) is 6.07 Å². The average Bonchev–Trinajstić information content (AvgIpc) is 2.46. The highest BCUT2D eigenvalue weighted by molar-refractivity contribution is 7.86. The van der Waals surface area contributed by atoms with Crippen LogP contribution in [0.5, 0.6) is 0 Å². The van der Waals surface area contributed by atoms with Crippen LogP contribution in [0.2, 0.25) is 0 Å². The van der Waals surface area contributed by atoms with Gasteiger partial charge < -0.3 is 10.1 Å². The number of nitrogens with one attached hydrogen (secondary N) is 1. The minimum absolute atomic E-state index is 0.107. The molecule has 1 rings (SSSR count). The molecule has 1 amide bonds. The van der Waals surface area contributed by atoms with Gasteiger partial charge in [0.15, 0.2) is 0 Å². The Labute approximate surface area is 121 Å². The first kappa shape index (κ1) is 16.4. The number of rotatable bonds is 6. The van der Waals surface area contributed by atoms with E-state index in [-0.39, 0.29) is 11.7 Å². The van der Waals surface area contributed by atoms with Crippen LogP contribution >= 0.6 is 0 Å². The average molecular weight is 297 g/mol. The third-order valence-corrected chi connectivity index (χ3v) is 4.65. The van der Waals surface area contributed by atoms with Gasteiger partial charge in [-0.2, -0.15) is 0 Å². The summed E-state index contributed by atoms with van der Waals surface area (Å²) in [6, 6.07) is 8.96. The van der Waals surface area contributed by atoms with E-state index in [1.54, 1.807) is 38.1 Å². The normalized spacial score (nSPS) is 14.9. The number of anilines is 1. The van der Waals surface area contributed by atoms with Crippen molar-refractivity contribution < 1.29 is 18.5 Å². The molecule has 0 saturated heterocycles. The molecule has 6 heteroatoms. The molecule has 5 nitrogen and oxygen atoms in total. The van der Waals surface area contributed by atoms with E-state index in [2.05, 4.69) is 10.1 Å². The molecule has 0 spiro atoms. The molecular weight excluding hydrogens is 278 g/mol. The summed E-state index contributed by atoms with van der Waals surface area (Å²) in [4.78, 5) is 23.2. The zero-order valence-corrected chi connectivity index (χ0v) is 12.6. The molecule has 1 aromatic carbocycles. The molecule has 0 aliphatic heterocycles. The van der Waals surface area contributed by atoms with Gasteiger partial charge in [0.25, 0.3) is 0 Å². The molecule has 0 radical (unpaired) electrons. The number of para-hydroxylation sites is 1. The zero-order chi connectivity index (χ0) is 15.1. The van der Waals surface area contributed by atoms with E-state index >= 15 is 0 Å². The van der Waals surface area contributed by atoms with Gasteiger partial charge in [0, 0.05) is 22.2 Å². The highest BCUT2D eigenvalue weighted by Crippen LogP contribution is 2.10. The number of hydrogen-bond donors (Lipinski definition) is 1. The van der Waals surface area contributed by atoms with Crippen molar-refractivity contribution in [3.05, 3.63) is 30.3 Å². The maximum atomic E-state index is 12.0. The van der Waals surface area contributed by atoms with Crippen LogP contribution in [0.3, 0.4) is 0 Å². The molecule has 0 aliphatic rings. The lowest BCUT2D eigenvalue weighted by atomic mass is 10.2. The Morgan fingerprint density at radius 2 is 1.85 bits per heavy atom. The van der Waals surface area contributed by atoms with Crippen LogP contribution in [0.15, 0.2) is 30.3 Å². The standard InChI is InChI=1S/C14H19NO4S/c1-10(14(17)19-3)9-20(18)11(2)13(16)15-12-7-5-4-6-8-12/h4-8,10-11H,9H2,1-3H3,(H,15,16). The lowest BCUT2D eigenvalue weighted by Gasteiger charge is -2.14. The Bertz CT molecular complexity index is 489. The molecule has 1 aromatic rings. The molecule has 0 heterocycles. The maximum Gasteiger partial charge on any atom is 0.309 e. The number of carbonyl (C=O) groups excluding carboxylic acids is 2. The molecular formula is C14H19NO4S. The third-order valence-electron chi connectivity index (χ3n) is 2.82. The highest BCUT2D eigenvalue weighted by Gasteiger charge is 2.24. The number of ether oxygens (including phenoxy) is 1. The molecule has 0 bridgehead atoms. The maximum absolute atomic E-state index is 12.0. The fourth-order valence-corrected chi connectivity index (χ4v) is 2.76. The zero-order valence-electron chi connectivity index (χ0n) is 11.8. The fourth-order valence-electron chi connectivity index (χ4n) is 1.54. The van der Waals surface area contributed by atoms with Crippen molar-refractivity contribution in [1.82, 2.24) is 0 Å². The Balaban J connectivity index is 2.56. The van der Waals surface area contributed by atoms with Gasteiger partial charge in [-0.3, -0.25) is 13.8 Å². The van der Waals surface area contributed by atoms with Crippen molar-refractivity contribution in [2.75, 3.05) is 18.2 Å². The van der Waals surface area contributed by atoms with E-state index in [9.17, 15) is 13.8 Å². The molecule has 0 aromatic heterocycles. The summed E-state index contributed by atoms with van der Waals surface area (Å²) in [5.41, 5.74) is 0.655. The van der Waals surface area contributed by atoms with Gasteiger partial charge in [0.05, 0.1) is 13.0 Å². The predicted molar refractivity (Wildman–Crippen MR) is 78.7 cm³/mol. The van der Waals surface area contributed by atoms with Crippen LogP contribution in [-0.4, -0.2) is 34.2 Å². The van der Waals surface area contributed by atoms with E-state index in [1.165, 1.54) is 7.11 Å². The van der Waals surface area contributed by atoms with Crippen molar-refractivity contribution in [3.8, 4) is 0 Å². The molecule has 3 atom stereocenters. The molecule has 0 saturated carbocycles. The second kappa shape index (κ2) is 7.79. The molecule has 3 unspecified atom stereocenters. The minimum Gasteiger partial charge on any atom is -0.469 e. The molecule has 110 valence electrons. The molecule has 1 N–H and O–H groups in total. The second-order valence-electron chi connectivity index (χ2n) is 4.47. The quantitative estimate of drug-likeness (QED) is 0.809. The van der Waals surface area contributed by atoms with E-state index < -0.39 is 27.9 Å². The fraction of sp³-hybridized carbons (Fsp3) is 0.429. The largest absolute Gasteiger partial charge is 0.469 e. The summed E-state index contributed by atoms with van der Waals surface area (Å²) in [5, 5.41) is 2.00. The van der Waals surface area contributed by atoms with Crippen molar-refractivity contribution in [1.29, 1.82) is 0 Å². The summed E-state index contributed by atoms with van der Waals surface area (Å²) in [6.45, 7) is 3.21. The first-order valence-corrected chi connectivity index (χ1v) is 7.64. The topological polar surface area (TPSA) is 72.5 Å². The van der Waals surface area contributed by atoms with Crippen molar-refractivity contribution in [2.45, 2.75) is 19.1 Å². The summed E-state index contributed by atoms with van der Waals surface area (Å²) in [7, 11) is -0.149. The Morgan fingerprint density at radius 1 is 1.25 bits per heavy atom. The van der Waals surface area contributed by atoms with Gasteiger partial charge in [0.1, 0.15) is 5.25 Å². The SMILES string of the molecule is COC(=O)C(C)CS(=O)C(C)C(=O)Nc1ccccc1. The Hall–Kier alpha value is -1.69. The molecule has 0 fully saturated rings. The van der Waals surface area contributed by atoms with Crippen LogP contribution in [0.25, 0.3) is 0 Å². The second-order valence-corrected chi connectivity index (χ2v) is 6.27. The Morgan fingerprint density at radius 3 is 2.40 bits per heavy atom. The predicted octanol–water partition coefficient (Wildman–Crippen LogP) is 1.57. The van der Waals surface area contributed by atoms with E-state index in [0.29, 0.717) is 5.69 Å². The third kappa shape index (κ3) is 4.77.